The van der Waals surface area contributed by atoms with Crippen LogP contribution in [0, 0.1) is 22.7 Å². The summed E-state index contributed by atoms with van der Waals surface area (Å²) in [7, 11) is 0. The molecule has 12 aromatic rings. The van der Waals surface area contributed by atoms with Crippen LogP contribution in [0.1, 0.15) is 11.1 Å². The van der Waals surface area contributed by atoms with E-state index in [1.165, 1.54) is 0 Å². The molecule has 0 amide bonds. The highest BCUT2D eigenvalue weighted by molar-refractivity contribution is 6.25. The zero-order valence-electron chi connectivity index (χ0n) is 29.6. The van der Waals surface area contributed by atoms with Crippen molar-refractivity contribution < 1.29 is 8.83 Å². The zero-order valence-corrected chi connectivity index (χ0v) is 29.6. The van der Waals surface area contributed by atoms with Crippen LogP contribution in [0.3, 0.4) is 0 Å². The van der Waals surface area contributed by atoms with E-state index >= 15 is 0 Å². The van der Waals surface area contributed by atoms with Gasteiger partial charge in [0.1, 0.15) is 22.3 Å². The maximum atomic E-state index is 10.4. The van der Waals surface area contributed by atoms with Crippen LogP contribution in [0.15, 0.2) is 167 Å². The molecule has 0 spiro atoms. The number of nitrogens with zero attached hydrogens (tertiary/aromatic N) is 4. The summed E-state index contributed by atoms with van der Waals surface area (Å²) in [5.41, 5.74) is 12.2. The molecule has 0 radical (unpaired) electrons. The normalized spacial score (nSPS) is 11.9. The van der Waals surface area contributed by atoms with Crippen molar-refractivity contribution >= 4 is 87.5 Å². The molecule has 6 heteroatoms. The molecule has 0 saturated carbocycles. The van der Waals surface area contributed by atoms with E-state index in [9.17, 15) is 10.5 Å². The van der Waals surface area contributed by atoms with Gasteiger partial charge >= 0.3 is 0 Å². The zero-order chi connectivity index (χ0) is 37.1. The molecule has 4 aromatic heterocycles. The Morgan fingerprint density at radius 3 is 1.64 bits per heavy atom. The van der Waals surface area contributed by atoms with Gasteiger partial charge in [0.2, 0.25) is 0 Å². The Morgan fingerprint density at radius 2 is 0.946 bits per heavy atom. The lowest BCUT2D eigenvalue weighted by Gasteiger charge is -2.13. The van der Waals surface area contributed by atoms with Crippen molar-refractivity contribution in [2.24, 2.45) is 0 Å². The summed E-state index contributed by atoms with van der Waals surface area (Å²) in [6.45, 7) is 0. The highest BCUT2D eigenvalue weighted by Gasteiger charge is 2.21. The topological polar surface area (TPSA) is 83.7 Å². The second kappa shape index (κ2) is 11.2. The summed E-state index contributed by atoms with van der Waals surface area (Å²) in [6, 6.07) is 58.3. The molecule has 0 N–H and O–H groups in total. The SMILES string of the molecule is N#Cc1cc(-c2cccc(-n3c4ccc(C#N)cc4c4c5oc6ccccc6c5ccc43)c2)cc(-n2c3ccccc3c3c4oc5ccccc5c4ccc32)c1. The van der Waals surface area contributed by atoms with Gasteiger partial charge in [-0.2, -0.15) is 10.5 Å². The van der Waals surface area contributed by atoms with Gasteiger partial charge in [-0.15, -0.1) is 0 Å². The van der Waals surface area contributed by atoms with Gasteiger partial charge in [0.25, 0.3) is 0 Å². The summed E-state index contributed by atoms with van der Waals surface area (Å²) in [5.74, 6) is 0. The molecule has 6 nitrogen and oxygen atoms in total. The molecule has 56 heavy (non-hydrogen) atoms. The number of furan rings is 2. The lowest BCUT2D eigenvalue weighted by atomic mass is 10.0. The summed E-state index contributed by atoms with van der Waals surface area (Å²) in [4.78, 5) is 0. The minimum atomic E-state index is 0.562. The van der Waals surface area contributed by atoms with E-state index in [2.05, 4.69) is 112 Å². The average molecular weight is 715 g/mol. The van der Waals surface area contributed by atoms with Crippen molar-refractivity contribution in [2.75, 3.05) is 0 Å². The van der Waals surface area contributed by atoms with Crippen LogP contribution in [0.5, 0.6) is 0 Å². The first-order valence-corrected chi connectivity index (χ1v) is 18.5. The van der Waals surface area contributed by atoms with Crippen molar-refractivity contribution in [1.29, 1.82) is 10.5 Å². The second-order valence-electron chi connectivity index (χ2n) is 14.3. The molecule has 0 aliphatic carbocycles. The van der Waals surface area contributed by atoms with Crippen LogP contribution in [-0.4, -0.2) is 9.13 Å². The smallest absolute Gasteiger partial charge is 0.145 e. The summed E-state index contributed by atoms with van der Waals surface area (Å²) < 4.78 is 17.5. The van der Waals surface area contributed by atoms with E-state index in [-0.39, 0.29) is 0 Å². The van der Waals surface area contributed by atoms with Gasteiger partial charge < -0.3 is 18.0 Å². The highest BCUT2D eigenvalue weighted by atomic mass is 16.3. The molecule has 8 aromatic carbocycles. The van der Waals surface area contributed by atoms with E-state index < -0.39 is 0 Å². The number of fused-ring (bicyclic) bond motifs is 14. The Kier molecular flexibility index (Phi) is 6.10. The summed E-state index contributed by atoms with van der Waals surface area (Å²) >= 11 is 0. The van der Waals surface area contributed by atoms with E-state index in [1.807, 2.05) is 66.7 Å². The van der Waals surface area contributed by atoms with Gasteiger partial charge in [-0.1, -0.05) is 66.7 Å². The molecule has 0 unspecified atom stereocenters. The second-order valence-corrected chi connectivity index (χ2v) is 14.3. The van der Waals surface area contributed by atoms with Crippen molar-refractivity contribution in [3.8, 4) is 34.6 Å². The van der Waals surface area contributed by atoms with E-state index in [4.69, 9.17) is 8.83 Å². The number of hydrogen-bond acceptors (Lipinski definition) is 4. The number of rotatable bonds is 3. The van der Waals surface area contributed by atoms with Crippen LogP contribution >= 0.6 is 0 Å². The van der Waals surface area contributed by atoms with Gasteiger partial charge in [-0.05, 0) is 102 Å². The predicted molar refractivity (Wildman–Crippen MR) is 225 cm³/mol. The number of hydrogen-bond donors (Lipinski definition) is 0. The Morgan fingerprint density at radius 1 is 0.375 bits per heavy atom. The molecular formula is C50H26N4O2. The number of aromatic nitrogens is 2. The van der Waals surface area contributed by atoms with Gasteiger partial charge in [-0.3, -0.25) is 0 Å². The number of benzene rings is 8. The van der Waals surface area contributed by atoms with Crippen LogP contribution in [0.2, 0.25) is 0 Å². The first-order chi connectivity index (χ1) is 27.7. The minimum absolute atomic E-state index is 0.562. The van der Waals surface area contributed by atoms with Crippen LogP contribution < -0.4 is 0 Å². The molecule has 0 aliphatic rings. The van der Waals surface area contributed by atoms with Crippen molar-refractivity contribution in [2.45, 2.75) is 0 Å². The van der Waals surface area contributed by atoms with Crippen molar-refractivity contribution in [3.63, 3.8) is 0 Å². The Balaban J connectivity index is 1.08. The van der Waals surface area contributed by atoms with Crippen LogP contribution in [-0.2, 0) is 0 Å². The van der Waals surface area contributed by atoms with E-state index in [1.54, 1.807) is 0 Å². The molecular weight excluding hydrogens is 689 g/mol. The fourth-order valence-electron chi connectivity index (χ4n) is 8.94. The average Bonchev–Trinajstić information content (AvgIpc) is 4.00. The quantitative estimate of drug-likeness (QED) is 0.182. The molecule has 0 aliphatic heterocycles. The summed E-state index contributed by atoms with van der Waals surface area (Å²) in [5, 5.41) is 28.6. The Bertz CT molecular complexity index is 3750. The lowest BCUT2D eigenvalue weighted by Crippen LogP contribution is -1.97. The molecule has 12 rings (SSSR count). The third-order valence-corrected chi connectivity index (χ3v) is 11.3. The predicted octanol–water partition coefficient (Wildman–Crippen LogP) is 13.1. The third kappa shape index (κ3) is 4.13. The maximum Gasteiger partial charge on any atom is 0.145 e. The molecule has 0 bridgehead atoms. The third-order valence-electron chi connectivity index (χ3n) is 11.3. The first-order valence-electron chi connectivity index (χ1n) is 18.5. The molecule has 0 saturated heterocycles. The van der Waals surface area contributed by atoms with Gasteiger partial charge in [0.05, 0.1) is 56.1 Å². The van der Waals surface area contributed by atoms with Crippen molar-refractivity contribution in [3.05, 3.63) is 169 Å². The largest absolute Gasteiger partial charge is 0.455 e. The highest BCUT2D eigenvalue weighted by Crippen LogP contribution is 2.43. The Hall–Kier alpha value is -8.06. The molecule has 0 atom stereocenters. The first kappa shape index (κ1) is 30.4. The fourth-order valence-corrected chi connectivity index (χ4v) is 8.94. The number of nitriles is 2. The van der Waals surface area contributed by atoms with Crippen LogP contribution in [0.4, 0.5) is 0 Å². The lowest BCUT2D eigenvalue weighted by molar-refractivity contribution is 0.672. The summed E-state index contributed by atoms with van der Waals surface area (Å²) in [6.07, 6.45) is 0. The van der Waals surface area contributed by atoms with E-state index in [0.29, 0.717) is 11.1 Å². The molecule has 4 heterocycles. The fraction of sp³-hybridized carbons (Fsp3) is 0. The molecule has 258 valence electrons. The standard InChI is InChI=1S/C50H26N4O2/c51-27-29-16-19-42-40(24-29)48-44(21-18-38-36-11-3-6-15-46(36)56-50(38)48)53(42)33-9-7-8-31(25-33)32-22-30(28-52)23-34(26-32)54-41-13-4-1-12-39(41)47-43(54)20-17-37-35-10-2-5-14-45(35)55-49(37)47/h1-26H. The monoisotopic (exact) mass is 714 g/mol. The van der Waals surface area contributed by atoms with Crippen LogP contribution in [0.25, 0.3) is 110 Å². The van der Waals surface area contributed by atoms with Gasteiger partial charge in [0, 0.05) is 43.7 Å². The number of para-hydroxylation sites is 3. The van der Waals surface area contributed by atoms with Gasteiger partial charge in [0.15, 0.2) is 0 Å². The van der Waals surface area contributed by atoms with Gasteiger partial charge in [-0.25, -0.2) is 0 Å². The Labute approximate surface area is 318 Å². The van der Waals surface area contributed by atoms with E-state index in [0.717, 1.165) is 110 Å². The minimum Gasteiger partial charge on any atom is -0.455 e. The maximum absolute atomic E-state index is 10.4. The van der Waals surface area contributed by atoms with Crippen molar-refractivity contribution in [1.82, 2.24) is 9.13 Å². The molecule has 0 fully saturated rings.